The van der Waals surface area contributed by atoms with Crippen molar-refractivity contribution in [1.29, 1.82) is 0 Å². The third kappa shape index (κ3) is 8.69. The SMILES string of the molecule is CN=C(NCCCn1nc(C)cc1C)NCC1CCCCN1C(=O)OC(C)(C)C.I. The molecule has 0 spiro atoms. The Morgan fingerprint density at radius 2 is 2.03 bits per heavy atom. The number of ether oxygens (including phenoxy) is 1. The van der Waals surface area contributed by atoms with Gasteiger partial charge in [0.2, 0.25) is 0 Å². The lowest BCUT2D eigenvalue weighted by atomic mass is 10.0. The molecule has 1 saturated heterocycles. The number of nitrogens with one attached hydrogen (secondary N) is 2. The lowest BCUT2D eigenvalue weighted by Crippen LogP contribution is -2.52. The number of aryl methyl sites for hydroxylation is 3. The second-order valence-corrected chi connectivity index (χ2v) is 8.71. The summed E-state index contributed by atoms with van der Waals surface area (Å²) in [5.74, 6) is 0.757. The van der Waals surface area contributed by atoms with E-state index in [9.17, 15) is 4.79 Å². The van der Waals surface area contributed by atoms with E-state index in [0.717, 1.165) is 57.0 Å². The summed E-state index contributed by atoms with van der Waals surface area (Å²) >= 11 is 0. The standard InChI is InChI=1S/C21H38N6O2.HI/c1-16-14-17(2)27(25-16)13-9-11-23-19(22-6)24-15-18-10-7-8-12-26(18)20(28)29-21(3,4)5;/h14,18H,7-13,15H2,1-6H3,(H2,22,23,24);1H. The molecule has 1 aliphatic rings. The van der Waals surface area contributed by atoms with Gasteiger partial charge in [0, 0.05) is 38.9 Å². The Labute approximate surface area is 198 Å². The first-order valence-corrected chi connectivity index (χ1v) is 10.6. The molecule has 2 N–H and O–H groups in total. The number of likely N-dealkylation sites (tertiary alicyclic amines) is 1. The second kappa shape index (κ2) is 12.4. The smallest absolute Gasteiger partial charge is 0.410 e. The van der Waals surface area contributed by atoms with Crippen molar-refractivity contribution in [3.63, 3.8) is 0 Å². The number of halogens is 1. The molecule has 2 heterocycles. The van der Waals surface area contributed by atoms with Crippen LogP contribution in [-0.2, 0) is 11.3 Å². The Morgan fingerprint density at radius 1 is 1.30 bits per heavy atom. The number of piperidine rings is 1. The summed E-state index contributed by atoms with van der Waals surface area (Å²) in [6, 6.07) is 2.21. The molecule has 0 radical (unpaired) electrons. The topological polar surface area (TPSA) is 83.8 Å². The van der Waals surface area contributed by atoms with E-state index < -0.39 is 5.60 Å². The van der Waals surface area contributed by atoms with Crippen LogP contribution in [0.2, 0.25) is 0 Å². The van der Waals surface area contributed by atoms with Crippen LogP contribution < -0.4 is 10.6 Å². The summed E-state index contributed by atoms with van der Waals surface area (Å²) in [5.41, 5.74) is 1.76. The van der Waals surface area contributed by atoms with Crippen molar-refractivity contribution in [2.75, 3.05) is 26.7 Å². The molecule has 1 aliphatic heterocycles. The minimum atomic E-state index is -0.477. The zero-order chi connectivity index (χ0) is 21.4. The highest BCUT2D eigenvalue weighted by atomic mass is 127. The van der Waals surface area contributed by atoms with Crippen molar-refractivity contribution in [3.05, 3.63) is 17.5 Å². The lowest BCUT2D eigenvalue weighted by Gasteiger charge is -2.37. The number of guanidine groups is 1. The van der Waals surface area contributed by atoms with Gasteiger partial charge in [0.1, 0.15) is 5.60 Å². The van der Waals surface area contributed by atoms with Gasteiger partial charge in [-0.15, -0.1) is 24.0 Å². The first kappa shape index (κ1) is 26.5. The van der Waals surface area contributed by atoms with Gasteiger partial charge in [-0.3, -0.25) is 9.67 Å². The molecule has 1 unspecified atom stereocenters. The molecule has 0 aromatic carbocycles. The Balaban J connectivity index is 0.00000450. The molecule has 0 saturated carbocycles. The minimum absolute atomic E-state index is 0. The largest absolute Gasteiger partial charge is 0.444 e. The van der Waals surface area contributed by atoms with Gasteiger partial charge in [-0.25, -0.2) is 4.79 Å². The predicted molar refractivity (Wildman–Crippen MR) is 132 cm³/mol. The van der Waals surface area contributed by atoms with Crippen LogP contribution in [0.3, 0.4) is 0 Å². The zero-order valence-electron chi connectivity index (χ0n) is 19.3. The van der Waals surface area contributed by atoms with Crippen molar-refractivity contribution in [2.45, 2.75) is 78.5 Å². The van der Waals surface area contributed by atoms with Gasteiger partial charge in [0.15, 0.2) is 5.96 Å². The molecule has 172 valence electrons. The van der Waals surface area contributed by atoms with Gasteiger partial charge in [-0.2, -0.15) is 5.10 Å². The number of rotatable bonds is 6. The van der Waals surface area contributed by atoms with Gasteiger partial charge >= 0.3 is 6.09 Å². The van der Waals surface area contributed by atoms with Crippen LogP contribution in [0, 0.1) is 13.8 Å². The molecular formula is C21H39IN6O2. The third-order valence-electron chi connectivity index (χ3n) is 4.93. The summed E-state index contributed by atoms with van der Waals surface area (Å²) in [4.78, 5) is 18.7. The summed E-state index contributed by atoms with van der Waals surface area (Å²) in [7, 11) is 1.77. The number of aliphatic imine (C=N–C) groups is 1. The van der Waals surface area contributed by atoms with Gasteiger partial charge in [-0.1, -0.05) is 0 Å². The molecule has 1 amide bonds. The van der Waals surface area contributed by atoms with E-state index in [4.69, 9.17) is 4.74 Å². The summed E-state index contributed by atoms with van der Waals surface area (Å²) in [6.07, 6.45) is 3.85. The van der Waals surface area contributed by atoms with E-state index in [1.54, 1.807) is 7.05 Å². The van der Waals surface area contributed by atoms with Crippen LogP contribution in [0.25, 0.3) is 0 Å². The van der Waals surface area contributed by atoms with E-state index in [2.05, 4.69) is 33.7 Å². The van der Waals surface area contributed by atoms with Crippen molar-refractivity contribution >= 4 is 36.0 Å². The summed E-state index contributed by atoms with van der Waals surface area (Å²) < 4.78 is 7.61. The van der Waals surface area contributed by atoms with Crippen LogP contribution in [0.15, 0.2) is 11.1 Å². The molecule has 2 rings (SSSR count). The fourth-order valence-electron chi connectivity index (χ4n) is 3.55. The van der Waals surface area contributed by atoms with Gasteiger partial charge in [0.05, 0.1) is 11.7 Å². The zero-order valence-corrected chi connectivity index (χ0v) is 21.7. The number of carbonyl (C=O) groups excluding carboxylic acids is 1. The van der Waals surface area contributed by atoms with Crippen molar-refractivity contribution in [3.8, 4) is 0 Å². The van der Waals surface area contributed by atoms with E-state index in [-0.39, 0.29) is 36.1 Å². The highest BCUT2D eigenvalue weighted by Crippen LogP contribution is 2.20. The van der Waals surface area contributed by atoms with Crippen molar-refractivity contribution in [1.82, 2.24) is 25.3 Å². The van der Waals surface area contributed by atoms with Crippen LogP contribution in [0.5, 0.6) is 0 Å². The molecular weight excluding hydrogens is 495 g/mol. The normalized spacial score (nSPS) is 17.3. The van der Waals surface area contributed by atoms with Gasteiger partial charge < -0.3 is 20.3 Å². The molecule has 1 atom stereocenters. The molecule has 0 bridgehead atoms. The average Bonchev–Trinajstić information content (AvgIpc) is 2.97. The number of nitrogens with zero attached hydrogens (tertiary/aromatic N) is 4. The maximum Gasteiger partial charge on any atom is 0.410 e. The molecule has 9 heteroatoms. The molecule has 1 fully saturated rings. The molecule has 30 heavy (non-hydrogen) atoms. The van der Waals surface area contributed by atoms with E-state index in [1.807, 2.05) is 37.3 Å². The number of hydrogen-bond acceptors (Lipinski definition) is 4. The molecule has 1 aromatic heterocycles. The number of aromatic nitrogens is 2. The summed E-state index contributed by atoms with van der Waals surface area (Å²) in [5, 5.41) is 11.2. The lowest BCUT2D eigenvalue weighted by molar-refractivity contribution is 0.0104. The van der Waals surface area contributed by atoms with Crippen LogP contribution in [0.1, 0.15) is 57.8 Å². The maximum absolute atomic E-state index is 12.5. The highest BCUT2D eigenvalue weighted by Gasteiger charge is 2.30. The van der Waals surface area contributed by atoms with Crippen LogP contribution in [0.4, 0.5) is 4.79 Å². The highest BCUT2D eigenvalue weighted by molar-refractivity contribution is 14.0. The molecule has 8 nitrogen and oxygen atoms in total. The number of amides is 1. The first-order chi connectivity index (χ1) is 13.7. The second-order valence-electron chi connectivity index (χ2n) is 8.71. The van der Waals surface area contributed by atoms with Gasteiger partial charge in [0.25, 0.3) is 0 Å². The number of carbonyl (C=O) groups is 1. The third-order valence-corrected chi connectivity index (χ3v) is 4.93. The Bertz CT molecular complexity index is 698. The Morgan fingerprint density at radius 3 is 2.63 bits per heavy atom. The quantitative estimate of drug-likeness (QED) is 0.253. The monoisotopic (exact) mass is 534 g/mol. The van der Waals surface area contributed by atoms with E-state index >= 15 is 0 Å². The van der Waals surface area contributed by atoms with Crippen LogP contribution in [-0.4, -0.2) is 65.1 Å². The van der Waals surface area contributed by atoms with Crippen LogP contribution >= 0.6 is 24.0 Å². The minimum Gasteiger partial charge on any atom is -0.444 e. The fraction of sp³-hybridized carbons (Fsp3) is 0.762. The van der Waals surface area contributed by atoms with E-state index in [1.165, 1.54) is 5.69 Å². The molecule has 0 aliphatic carbocycles. The van der Waals surface area contributed by atoms with E-state index in [0.29, 0.717) is 6.54 Å². The Hall–Kier alpha value is -1.52. The van der Waals surface area contributed by atoms with Crippen molar-refractivity contribution in [2.24, 2.45) is 4.99 Å². The summed E-state index contributed by atoms with van der Waals surface area (Å²) in [6.45, 7) is 12.9. The Kier molecular flexibility index (Phi) is 10.9. The average molecular weight is 534 g/mol. The van der Waals surface area contributed by atoms with Crippen molar-refractivity contribution < 1.29 is 9.53 Å². The van der Waals surface area contributed by atoms with Gasteiger partial charge in [-0.05, 0) is 66.4 Å². The first-order valence-electron chi connectivity index (χ1n) is 10.6. The molecule has 1 aromatic rings. The maximum atomic E-state index is 12.5. The number of hydrogen-bond donors (Lipinski definition) is 2. The fourth-order valence-corrected chi connectivity index (χ4v) is 3.55. The predicted octanol–water partition coefficient (Wildman–Crippen LogP) is 3.46.